The number of hydrogen-bond donors (Lipinski definition) is 2. The topological polar surface area (TPSA) is 102 Å². The fourth-order valence-electron chi connectivity index (χ4n) is 7.02. The highest BCUT2D eigenvalue weighted by Crippen LogP contribution is 2.42. The van der Waals surface area contributed by atoms with E-state index in [0.29, 0.717) is 17.8 Å². The molecule has 5 rings (SSSR count). The summed E-state index contributed by atoms with van der Waals surface area (Å²) in [6, 6.07) is 10.6. The molecule has 0 saturated heterocycles. The molecule has 9 heteroatoms. The molecule has 3 aromatic rings. The van der Waals surface area contributed by atoms with E-state index in [1.54, 1.807) is 18.4 Å². The molecule has 0 aliphatic heterocycles. The molecule has 2 saturated carbocycles. The number of methoxy groups -OCH3 is 1. The quantitative estimate of drug-likeness (QED) is 0.229. The Bertz CT molecular complexity index is 1470. The van der Waals surface area contributed by atoms with Gasteiger partial charge in [-0.05, 0) is 119 Å². The number of carbonyl (C=O) groups excluding carboxylic acids is 2. The Morgan fingerprint density at radius 1 is 0.935 bits per heavy atom. The van der Waals surface area contributed by atoms with Crippen molar-refractivity contribution in [2.24, 2.45) is 11.8 Å². The van der Waals surface area contributed by atoms with Crippen molar-refractivity contribution >= 4 is 23.3 Å². The Labute approximate surface area is 278 Å². The van der Waals surface area contributed by atoms with Crippen LogP contribution in [0.4, 0.5) is 4.79 Å². The predicted molar refractivity (Wildman–Crippen MR) is 183 cm³/mol. The SMILES string of the molecule is COc1ccc(C2CCC(C(NC(=O)C3CCC(NC(=O)OC(C)C)CC3)c3cc(-c4cnc(C(C)C)s4)ccn3)CC2)cc1C. The predicted octanol–water partition coefficient (Wildman–Crippen LogP) is 8.47. The van der Waals surface area contributed by atoms with E-state index >= 15 is 0 Å². The number of aryl methyl sites for hydroxylation is 1. The molecule has 1 aromatic carbocycles. The summed E-state index contributed by atoms with van der Waals surface area (Å²) in [7, 11) is 1.72. The van der Waals surface area contributed by atoms with E-state index in [9.17, 15) is 9.59 Å². The van der Waals surface area contributed by atoms with Crippen LogP contribution < -0.4 is 15.4 Å². The van der Waals surface area contributed by atoms with Crippen LogP contribution >= 0.6 is 11.3 Å². The van der Waals surface area contributed by atoms with Gasteiger partial charge in [0.25, 0.3) is 0 Å². The largest absolute Gasteiger partial charge is 0.496 e. The minimum Gasteiger partial charge on any atom is -0.496 e. The summed E-state index contributed by atoms with van der Waals surface area (Å²) in [5, 5.41) is 7.58. The third-order valence-corrected chi connectivity index (χ3v) is 10.9. The van der Waals surface area contributed by atoms with Crippen LogP contribution in [0.2, 0.25) is 0 Å². The maximum Gasteiger partial charge on any atom is 0.407 e. The molecule has 0 bridgehead atoms. The van der Waals surface area contributed by atoms with Crippen molar-refractivity contribution in [3.8, 4) is 16.2 Å². The Kier molecular flexibility index (Phi) is 11.4. The number of thiazole rings is 1. The minimum absolute atomic E-state index is 0.0384. The molecule has 2 amide bonds. The summed E-state index contributed by atoms with van der Waals surface area (Å²) in [5.74, 6) is 2.09. The third kappa shape index (κ3) is 8.46. The maximum absolute atomic E-state index is 13.8. The number of benzene rings is 1. The second-order valence-corrected chi connectivity index (χ2v) is 14.7. The normalized spacial score (nSPS) is 22.3. The van der Waals surface area contributed by atoms with Crippen LogP contribution in [-0.4, -0.2) is 41.2 Å². The molecule has 2 aliphatic carbocycles. The number of carbonyl (C=O) groups is 2. The van der Waals surface area contributed by atoms with Crippen molar-refractivity contribution in [2.75, 3.05) is 7.11 Å². The number of rotatable bonds is 10. The van der Waals surface area contributed by atoms with E-state index in [4.69, 9.17) is 14.5 Å². The van der Waals surface area contributed by atoms with Crippen molar-refractivity contribution in [2.45, 2.75) is 116 Å². The van der Waals surface area contributed by atoms with Gasteiger partial charge in [0.05, 0.1) is 34.8 Å². The first-order chi connectivity index (χ1) is 22.1. The lowest BCUT2D eigenvalue weighted by Gasteiger charge is -2.36. The van der Waals surface area contributed by atoms with E-state index in [-0.39, 0.29) is 36.1 Å². The van der Waals surface area contributed by atoms with Crippen LogP contribution in [0.25, 0.3) is 10.4 Å². The highest BCUT2D eigenvalue weighted by atomic mass is 32.1. The van der Waals surface area contributed by atoms with Crippen LogP contribution in [0, 0.1) is 18.8 Å². The molecular weight excluding hydrogens is 596 g/mol. The van der Waals surface area contributed by atoms with Crippen molar-refractivity contribution in [3.05, 3.63) is 64.6 Å². The zero-order chi connectivity index (χ0) is 32.8. The van der Waals surface area contributed by atoms with Gasteiger partial charge in [0, 0.05) is 30.3 Å². The molecule has 0 radical (unpaired) electrons. The van der Waals surface area contributed by atoms with Gasteiger partial charge in [0.15, 0.2) is 0 Å². The van der Waals surface area contributed by atoms with Crippen molar-refractivity contribution in [1.29, 1.82) is 0 Å². The van der Waals surface area contributed by atoms with Gasteiger partial charge >= 0.3 is 6.09 Å². The van der Waals surface area contributed by atoms with Gasteiger partial charge in [0.2, 0.25) is 5.91 Å². The lowest BCUT2D eigenvalue weighted by atomic mass is 9.74. The lowest BCUT2D eigenvalue weighted by Crippen LogP contribution is -2.43. The molecule has 1 atom stereocenters. The fourth-order valence-corrected chi connectivity index (χ4v) is 7.94. The number of nitrogens with one attached hydrogen (secondary N) is 2. The maximum atomic E-state index is 13.8. The Morgan fingerprint density at radius 3 is 2.30 bits per heavy atom. The lowest BCUT2D eigenvalue weighted by molar-refractivity contribution is -0.127. The number of aromatic nitrogens is 2. The van der Waals surface area contributed by atoms with E-state index < -0.39 is 0 Å². The van der Waals surface area contributed by atoms with Gasteiger partial charge in [-0.3, -0.25) is 9.78 Å². The number of ether oxygens (including phenoxy) is 2. The highest BCUT2D eigenvalue weighted by molar-refractivity contribution is 7.15. The molecule has 2 heterocycles. The molecule has 0 spiro atoms. The molecule has 46 heavy (non-hydrogen) atoms. The monoisotopic (exact) mass is 646 g/mol. The summed E-state index contributed by atoms with van der Waals surface area (Å²) in [4.78, 5) is 36.6. The van der Waals surface area contributed by atoms with Crippen molar-refractivity contribution in [3.63, 3.8) is 0 Å². The summed E-state index contributed by atoms with van der Waals surface area (Å²) in [6.07, 6.45) is 10.5. The molecule has 2 fully saturated rings. The molecule has 2 aromatic heterocycles. The Morgan fingerprint density at radius 2 is 1.67 bits per heavy atom. The van der Waals surface area contributed by atoms with Gasteiger partial charge in [0.1, 0.15) is 5.75 Å². The highest BCUT2D eigenvalue weighted by Gasteiger charge is 2.34. The van der Waals surface area contributed by atoms with Gasteiger partial charge in [-0.25, -0.2) is 9.78 Å². The fraction of sp³-hybridized carbons (Fsp3) is 0.568. The number of nitrogens with zero attached hydrogens (tertiary/aromatic N) is 2. The van der Waals surface area contributed by atoms with Crippen LogP contribution in [0.1, 0.15) is 119 Å². The second kappa shape index (κ2) is 15.4. The van der Waals surface area contributed by atoms with Crippen LogP contribution in [0.3, 0.4) is 0 Å². The standard InChI is InChI=1S/C37H50N4O4S/c1-22(2)36-39-21-33(46-36)29-17-18-38-31(20-29)34(26-9-7-25(8-10-26)28-13-16-32(44-6)24(5)19-28)41-35(42)27-11-14-30(15-12-27)40-37(43)45-23(3)4/h13,16-23,25-27,30,34H,7-12,14-15H2,1-6H3,(H,40,43)(H,41,42). The van der Waals surface area contributed by atoms with Crippen LogP contribution in [0.5, 0.6) is 5.75 Å². The second-order valence-electron chi connectivity index (χ2n) is 13.7. The third-order valence-electron chi connectivity index (χ3n) is 9.60. The Balaban J connectivity index is 1.30. The number of alkyl carbamates (subject to hydrolysis) is 1. The summed E-state index contributed by atoms with van der Waals surface area (Å²) in [6.45, 7) is 10.1. The minimum atomic E-state index is -0.379. The average molecular weight is 647 g/mol. The first-order valence-electron chi connectivity index (χ1n) is 16.9. The van der Waals surface area contributed by atoms with Crippen molar-refractivity contribution < 1.29 is 19.1 Å². The smallest absolute Gasteiger partial charge is 0.407 e. The van der Waals surface area contributed by atoms with Gasteiger partial charge in [-0.1, -0.05) is 26.0 Å². The molecule has 248 valence electrons. The summed E-state index contributed by atoms with van der Waals surface area (Å²) >= 11 is 1.72. The van der Waals surface area contributed by atoms with E-state index in [1.807, 2.05) is 32.3 Å². The zero-order valence-corrected chi connectivity index (χ0v) is 29.0. The number of hydrogen-bond acceptors (Lipinski definition) is 7. The molecule has 8 nitrogen and oxygen atoms in total. The molecule has 2 N–H and O–H groups in total. The summed E-state index contributed by atoms with van der Waals surface area (Å²) in [5.41, 5.74) is 4.54. The molecule has 2 aliphatic rings. The number of amides is 2. The van der Waals surface area contributed by atoms with Crippen LogP contribution in [-0.2, 0) is 9.53 Å². The average Bonchev–Trinajstić information content (AvgIpc) is 3.55. The molecule has 1 unspecified atom stereocenters. The number of pyridine rings is 1. The van der Waals surface area contributed by atoms with E-state index in [0.717, 1.165) is 78.3 Å². The zero-order valence-electron chi connectivity index (χ0n) is 28.2. The van der Waals surface area contributed by atoms with Gasteiger partial charge < -0.3 is 20.1 Å². The van der Waals surface area contributed by atoms with Crippen LogP contribution in [0.15, 0.2) is 42.7 Å². The van der Waals surface area contributed by atoms with Gasteiger partial charge in [-0.2, -0.15) is 0 Å². The Hall–Kier alpha value is -3.46. The molecular formula is C37H50N4O4S. The first kappa shape index (κ1) is 33.9. The summed E-state index contributed by atoms with van der Waals surface area (Å²) < 4.78 is 10.7. The van der Waals surface area contributed by atoms with E-state index in [1.165, 1.54) is 11.1 Å². The van der Waals surface area contributed by atoms with Crippen molar-refractivity contribution in [1.82, 2.24) is 20.6 Å². The van der Waals surface area contributed by atoms with E-state index in [2.05, 4.69) is 60.7 Å². The first-order valence-corrected chi connectivity index (χ1v) is 17.8. The van der Waals surface area contributed by atoms with Gasteiger partial charge in [-0.15, -0.1) is 11.3 Å².